The predicted molar refractivity (Wildman–Crippen MR) is 105 cm³/mol. The molecule has 24 heavy (non-hydrogen) atoms. The fourth-order valence-corrected chi connectivity index (χ4v) is 3.32. The molecule has 0 bridgehead atoms. The smallest absolute Gasteiger partial charge is 0.209 e. The summed E-state index contributed by atoms with van der Waals surface area (Å²) in [6.45, 7) is 6.38. The molecule has 0 saturated carbocycles. The van der Waals surface area contributed by atoms with Gasteiger partial charge in [-0.05, 0) is 37.1 Å². The molecule has 0 saturated heterocycles. The van der Waals surface area contributed by atoms with Gasteiger partial charge in [-0.1, -0.05) is 53.8 Å². The Balaban J connectivity index is 1.71. The number of hydrogen-bond acceptors (Lipinski definition) is 4. The number of thiazole rings is 1. The Morgan fingerprint density at radius 3 is 2.38 bits per heavy atom. The highest BCUT2D eigenvalue weighted by Gasteiger charge is 2.03. The molecule has 3 rings (SSSR count). The van der Waals surface area contributed by atoms with Gasteiger partial charge in [-0.2, -0.15) is 0 Å². The standard InChI is InChI=1S/C20H21N3S/c1-3-23(4-2)18-12-10-16(11-13-18)14-21-20-22-15-19(24-20)17-8-6-5-7-9-17/h5-15H,3-4H2,1-2H3/b21-14+. The maximum atomic E-state index is 4.51. The van der Waals surface area contributed by atoms with Crippen molar-refractivity contribution in [3.05, 3.63) is 66.4 Å². The largest absolute Gasteiger partial charge is 0.372 e. The molecule has 0 aliphatic carbocycles. The van der Waals surface area contributed by atoms with Crippen LogP contribution in [0.15, 0.2) is 65.8 Å². The van der Waals surface area contributed by atoms with Crippen LogP contribution in [0.4, 0.5) is 10.8 Å². The van der Waals surface area contributed by atoms with Crippen molar-refractivity contribution >= 4 is 28.4 Å². The Morgan fingerprint density at radius 1 is 1.00 bits per heavy atom. The minimum absolute atomic E-state index is 0.779. The summed E-state index contributed by atoms with van der Waals surface area (Å²) < 4.78 is 0. The van der Waals surface area contributed by atoms with Crippen molar-refractivity contribution in [3.63, 3.8) is 0 Å². The van der Waals surface area contributed by atoms with E-state index in [0.717, 1.165) is 28.7 Å². The Labute approximate surface area is 147 Å². The highest BCUT2D eigenvalue weighted by molar-refractivity contribution is 7.18. The Hall–Kier alpha value is -2.46. The van der Waals surface area contributed by atoms with Gasteiger partial charge >= 0.3 is 0 Å². The van der Waals surface area contributed by atoms with E-state index in [1.54, 1.807) is 11.3 Å². The van der Waals surface area contributed by atoms with E-state index >= 15 is 0 Å². The third-order valence-electron chi connectivity index (χ3n) is 3.90. The lowest BCUT2D eigenvalue weighted by Gasteiger charge is -2.20. The molecule has 0 N–H and O–H groups in total. The number of hydrogen-bond donors (Lipinski definition) is 0. The fourth-order valence-electron chi connectivity index (χ4n) is 2.55. The SMILES string of the molecule is CCN(CC)c1ccc(/C=N/c2ncc(-c3ccccc3)s2)cc1. The number of nitrogens with zero attached hydrogens (tertiary/aromatic N) is 3. The summed E-state index contributed by atoms with van der Waals surface area (Å²) in [4.78, 5) is 12.4. The van der Waals surface area contributed by atoms with E-state index in [9.17, 15) is 0 Å². The van der Waals surface area contributed by atoms with E-state index in [0.29, 0.717) is 0 Å². The quantitative estimate of drug-likeness (QED) is 0.564. The molecule has 0 fully saturated rings. The molecule has 0 amide bonds. The second kappa shape index (κ2) is 7.88. The van der Waals surface area contributed by atoms with Crippen LogP contribution >= 0.6 is 11.3 Å². The first-order chi connectivity index (χ1) is 11.8. The van der Waals surface area contributed by atoms with Gasteiger partial charge in [0.25, 0.3) is 0 Å². The van der Waals surface area contributed by atoms with Gasteiger partial charge in [0.15, 0.2) is 0 Å². The monoisotopic (exact) mass is 335 g/mol. The van der Waals surface area contributed by atoms with E-state index in [1.807, 2.05) is 30.6 Å². The summed E-state index contributed by atoms with van der Waals surface area (Å²) >= 11 is 1.60. The molecule has 122 valence electrons. The lowest BCUT2D eigenvalue weighted by Crippen LogP contribution is -2.21. The highest BCUT2D eigenvalue weighted by Crippen LogP contribution is 2.30. The van der Waals surface area contributed by atoms with Crippen molar-refractivity contribution in [2.24, 2.45) is 4.99 Å². The van der Waals surface area contributed by atoms with Gasteiger partial charge in [0.2, 0.25) is 5.13 Å². The van der Waals surface area contributed by atoms with Gasteiger partial charge < -0.3 is 4.90 Å². The molecule has 0 aliphatic heterocycles. The van der Waals surface area contributed by atoms with Crippen LogP contribution in [0.3, 0.4) is 0 Å². The molecule has 4 heteroatoms. The molecular weight excluding hydrogens is 314 g/mol. The van der Waals surface area contributed by atoms with E-state index in [2.05, 4.69) is 65.1 Å². The lowest BCUT2D eigenvalue weighted by atomic mass is 10.2. The van der Waals surface area contributed by atoms with Gasteiger partial charge in [-0.15, -0.1) is 0 Å². The summed E-state index contributed by atoms with van der Waals surface area (Å²) in [7, 11) is 0. The molecule has 3 nitrogen and oxygen atoms in total. The molecule has 0 spiro atoms. The molecule has 1 aromatic heterocycles. The molecule has 0 aliphatic rings. The zero-order valence-electron chi connectivity index (χ0n) is 14.0. The van der Waals surface area contributed by atoms with Crippen molar-refractivity contribution in [2.45, 2.75) is 13.8 Å². The maximum absolute atomic E-state index is 4.51. The second-order valence-electron chi connectivity index (χ2n) is 5.40. The Kier molecular flexibility index (Phi) is 5.39. The summed E-state index contributed by atoms with van der Waals surface area (Å²) in [5, 5.41) is 0.779. The number of benzene rings is 2. The van der Waals surface area contributed by atoms with Crippen molar-refractivity contribution in [3.8, 4) is 10.4 Å². The first kappa shape index (κ1) is 16.4. The van der Waals surface area contributed by atoms with Crippen LogP contribution in [-0.4, -0.2) is 24.3 Å². The third kappa shape index (κ3) is 3.89. The summed E-state index contributed by atoms with van der Waals surface area (Å²) in [6.07, 6.45) is 3.76. The molecule has 1 heterocycles. The van der Waals surface area contributed by atoms with Crippen LogP contribution in [0.25, 0.3) is 10.4 Å². The lowest BCUT2D eigenvalue weighted by molar-refractivity contribution is 0.866. The van der Waals surface area contributed by atoms with Crippen molar-refractivity contribution in [2.75, 3.05) is 18.0 Å². The topological polar surface area (TPSA) is 28.5 Å². The zero-order chi connectivity index (χ0) is 16.8. The molecule has 2 aromatic carbocycles. The third-order valence-corrected chi connectivity index (χ3v) is 4.85. The molecule has 0 radical (unpaired) electrons. The molecule has 0 unspecified atom stereocenters. The van der Waals surface area contributed by atoms with E-state index in [-0.39, 0.29) is 0 Å². The minimum atomic E-state index is 0.779. The number of rotatable bonds is 6. The van der Waals surface area contributed by atoms with Gasteiger partial charge in [0.05, 0.1) is 4.88 Å². The van der Waals surface area contributed by atoms with Gasteiger partial charge in [-0.25, -0.2) is 9.98 Å². The van der Waals surface area contributed by atoms with Crippen LogP contribution in [0.5, 0.6) is 0 Å². The van der Waals surface area contributed by atoms with Crippen LogP contribution < -0.4 is 4.90 Å². The van der Waals surface area contributed by atoms with Crippen molar-refractivity contribution in [1.82, 2.24) is 4.98 Å². The summed E-state index contributed by atoms with van der Waals surface area (Å²) in [6, 6.07) is 18.8. The van der Waals surface area contributed by atoms with Gasteiger partial charge in [0.1, 0.15) is 0 Å². The molecule has 0 atom stereocenters. The van der Waals surface area contributed by atoms with Gasteiger partial charge in [0, 0.05) is 31.2 Å². The second-order valence-corrected chi connectivity index (χ2v) is 6.40. The van der Waals surface area contributed by atoms with E-state index in [1.165, 1.54) is 11.3 Å². The highest BCUT2D eigenvalue weighted by atomic mass is 32.1. The number of anilines is 1. The van der Waals surface area contributed by atoms with E-state index < -0.39 is 0 Å². The normalized spacial score (nSPS) is 11.1. The van der Waals surface area contributed by atoms with E-state index in [4.69, 9.17) is 0 Å². The van der Waals surface area contributed by atoms with Crippen LogP contribution in [0, 0.1) is 0 Å². The average Bonchev–Trinajstić information content (AvgIpc) is 3.12. The van der Waals surface area contributed by atoms with Crippen molar-refractivity contribution < 1.29 is 0 Å². The zero-order valence-corrected chi connectivity index (χ0v) is 14.8. The van der Waals surface area contributed by atoms with Gasteiger partial charge in [-0.3, -0.25) is 0 Å². The fraction of sp³-hybridized carbons (Fsp3) is 0.200. The van der Waals surface area contributed by atoms with Crippen LogP contribution in [0.2, 0.25) is 0 Å². The van der Waals surface area contributed by atoms with Crippen molar-refractivity contribution in [1.29, 1.82) is 0 Å². The summed E-state index contributed by atoms with van der Waals surface area (Å²) in [5.41, 5.74) is 3.51. The first-order valence-electron chi connectivity index (χ1n) is 8.20. The Morgan fingerprint density at radius 2 is 1.71 bits per heavy atom. The number of aliphatic imine (C=N–C) groups is 1. The predicted octanol–water partition coefficient (Wildman–Crippen LogP) is 5.41. The van der Waals surface area contributed by atoms with Crippen LogP contribution in [0.1, 0.15) is 19.4 Å². The first-order valence-corrected chi connectivity index (χ1v) is 9.02. The van der Waals surface area contributed by atoms with Crippen LogP contribution in [-0.2, 0) is 0 Å². The average molecular weight is 335 g/mol. The minimum Gasteiger partial charge on any atom is -0.372 e. The number of aromatic nitrogens is 1. The Bertz CT molecular complexity index is 787. The molecular formula is C20H21N3S. The summed E-state index contributed by atoms with van der Waals surface area (Å²) in [5.74, 6) is 0. The molecule has 3 aromatic rings. The maximum Gasteiger partial charge on any atom is 0.209 e.